The summed E-state index contributed by atoms with van der Waals surface area (Å²) in [7, 11) is 1.57. The Morgan fingerprint density at radius 3 is 2.38 bits per heavy atom. The molecule has 1 aromatic carbocycles. The molecule has 0 unspecified atom stereocenters. The summed E-state index contributed by atoms with van der Waals surface area (Å²) in [6.07, 6.45) is 0.323. The first-order valence-electron chi connectivity index (χ1n) is 9.87. The third kappa shape index (κ3) is 7.38. The van der Waals surface area contributed by atoms with E-state index in [1.807, 2.05) is 30.3 Å². The lowest BCUT2D eigenvalue weighted by Crippen LogP contribution is -2.50. The van der Waals surface area contributed by atoms with E-state index in [9.17, 15) is 14.4 Å². The molecule has 8 nitrogen and oxygen atoms in total. The van der Waals surface area contributed by atoms with E-state index in [4.69, 9.17) is 9.47 Å². The third-order valence-electron chi connectivity index (χ3n) is 4.41. The van der Waals surface area contributed by atoms with E-state index in [2.05, 4.69) is 5.32 Å². The predicted molar refractivity (Wildman–Crippen MR) is 108 cm³/mol. The predicted octanol–water partition coefficient (Wildman–Crippen LogP) is 2.77. The van der Waals surface area contributed by atoms with E-state index in [-0.39, 0.29) is 25.6 Å². The van der Waals surface area contributed by atoms with Gasteiger partial charge in [0.1, 0.15) is 12.2 Å². The number of nitrogens with one attached hydrogen (secondary N) is 1. The molecule has 0 radical (unpaired) electrons. The second kappa shape index (κ2) is 10.2. The first-order chi connectivity index (χ1) is 13.7. The van der Waals surface area contributed by atoms with Crippen LogP contribution in [0.5, 0.6) is 0 Å². The summed E-state index contributed by atoms with van der Waals surface area (Å²) in [5.74, 6) is -0.331. The number of ether oxygens (including phenoxy) is 2. The zero-order chi connectivity index (χ0) is 21.4. The number of hydrogen-bond acceptors (Lipinski definition) is 6. The fourth-order valence-electron chi connectivity index (χ4n) is 2.86. The number of rotatable bonds is 6. The number of hydrogen-bond donors (Lipinski definition) is 1. The van der Waals surface area contributed by atoms with Crippen molar-refractivity contribution in [3.05, 3.63) is 35.9 Å². The smallest absolute Gasteiger partial charge is 0.417 e. The maximum Gasteiger partial charge on any atom is 0.417 e. The Kier molecular flexibility index (Phi) is 8.01. The van der Waals surface area contributed by atoms with Crippen molar-refractivity contribution >= 4 is 18.1 Å². The molecule has 0 aliphatic carbocycles. The summed E-state index contributed by atoms with van der Waals surface area (Å²) in [4.78, 5) is 40.0. The van der Waals surface area contributed by atoms with Crippen LogP contribution in [0, 0.1) is 0 Å². The molecule has 1 fully saturated rings. The van der Waals surface area contributed by atoms with Gasteiger partial charge in [0.25, 0.3) is 0 Å². The van der Waals surface area contributed by atoms with Crippen molar-refractivity contribution in [3.8, 4) is 0 Å². The van der Waals surface area contributed by atoms with Crippen molar-refractivity contribution in [2.24, 2.45) is 0 Å². The standard InChI is InChI=1S/C21H31N3O5/c1-21(2,3)29-20(27)24(18(25)17-11-8-12-22-17)14-13-23(4)19(26)28-15-16-9-6-5-7-10-16/h5-7,9-10,17,22H,8,11-15H2,1-4H3/t17-/m0/s1. The van der Waals surface area contributed by atoms with Gasteiger partial charge in [-0.3, -0.25) is 4.79 Å². The van der Waals surface area contributed by atoms with E-state index in [1.165, 1.54) is 4.90 Å². The van der Waals surface area contributed by atoms with Crippen LogP contribution in [-0.4, -0.2) is 66.2 Å². The third-order valence-corrected chi connectivity index (χ3v) is 4.41. The van der Waals surface area contributed by atoms with E-state index in [0.717, 1.165) is 23.4 Å². The minimum absolute atomic E-state index is 0.0306. The van der Waals surface area contributed by atoms with Crippen molar-refractivity contribution in [3.63, 3.8) is 0 Å². The Morgan fingerprint density at radius 2 is 1.79 bits per heavy atom. The van der Waals surface area contributed by atoms with E-state index < -0.39 is 23.8 Å². The number of imide groups is 1. The molecule has 1 atom stereocenters. The first-order valence-corrected chi connectivity index (χ1v) is 9.87. The molecule has 160 valence electrons. The zero-order valence-electron chi connectivity index (χ0n) is 17.6. The minimum Gasteiger partial charge on any atom is -0.445 e. The summed E-state index contributed by atoms with van der Waals surface area (Å²) in [6.45, 7) is 6.31. The van der Waals surface area contributed by atoms with Gasteiger partial charge in [0, 0.05) is 20.1 Å². The van der Waals surface area contributed by atoms with Gasteiger partial charge in [-0.15, -0.1) is 0 Å². The van der Waals surface area contributed by atoms with Crippen LogP contribution >= 0.6 is 0 Å². The van der Waals surface area contributed by atoms with Gasteiger partial charge in [0.15, 0.2) is 0 Å². The van der Waals surface area contributed by atoms with Gasteiger partial charge in [-0.05, 0) is 45.7 Å². The highest BCUT2D eigenvalue weighted by Gasteiger charge is 2.33. The number of carbonyl (C=O) groups is 3. The molecule has 1 aromatic rings. The van der Waals surface area contributed by atoms with Gasteiger partial charge >= 0.3 is 12.2 Å². The van der Waals surface area contributed by atoms with Crippen molar-refractivity contribution in [1.29, 1.82) is 0 Å². The van der Waals surface area contributed by atoms with Crippen LogP contribution in [0.1, 0.15) is 39.2 Å². The number of amides is 3. The van der Waals surface area contributed by atoms with Gasteiger partial charge in [-0.25, -0.2) is 14.5 Å². The van der Waals surface area contributed by atoms with Gasteiger partial charge in [0.05, 0.1) is 6.04 Å². The monoisotopic (exact) mass is 405 g/mol. The lowest BCUT2D eigenvalue weighted by atomic mass is 10.2. The van der Waals surface area contributed by atoms with Crippen LogP contribution in [-0.2, 0) is 20.9 Å². The maximum absolute atomic E-state index is 12.8. The number of nitrogens with zero attached hydrogens (tertiary/aromatic N) is 2. The highest BCUT2D eigenvalue weighted by molar-refractivity contribution is 5.95. The molecule has 29 heavy (non-hydrogen) atoms. The molecule has 1 aliphatic rings. The minimum atomic E-state index is -0.723. The molecule has 1 N–H and O–H groups in total. The highest BCUT2D eigenvalue weighted by Crippen LogP contribution is 2.14. The average molecular weight is 405 g/mol. The van der Waals surface area contributed by atoms with Crippen molar-refractivity contribution in [1.82, 2.24) is 15.1 Å². The van der Waals surface area contributed by atoms with Crippen molar-refractivity contribution in [2.45, 2.75) is 51.9 Å². The molecule has 1 aliphatic heterocycles. The molecule has 3 amide bonds. The highest BCUT2D eigenvalue weighted by atomic mass is 16.6. The number of carbonyl (C=O) groups excluding carboxylic acids is 3. The lowest BCUT2D eigenvalue weighted by Gasteiger charge is -2.29. The summed E-state index contributed by atoms with van der Waals surface area (Å²) in [5.41, 5.74) is 0.159. The van der Waals surface area contributed by atoms with E-state index in [1.54, 1.807) is 27.8 Å². The molecular formula is C21H31N3O5. The Balaban J connectivity index is 1.93. The Labute approximate surface area is 172 Å². The summed E-state index contributed by atoms with van der Waals surface area (Å²) in [6, 6.07) is 8.95. The summed E-state index contributed by atoms with van der Waals surface area (Å²) < 4.78 is 10.7. The van der Waals surface area contributed by atoms with E-state index in [0.29, 0.717) is 6.42 Å². The van der Waals surface area contributed by atoms with E-state index >= 15 is 0 Å². The van der Waals surface area contributed by atoms with Gasteiger partial charge in [0.2, 0.25) is 5.91 Å². The Hall–Kier alpha value is -2.61. The summed E-state index contributed by atoms with van der Waals surface area (Å²) >= 11 is 0. The van der Waals surface area contributed by atoms with Crippen LogP contribution in [0.2, 0.25) is 0 Å². The number of likely N-dealkylation sites (N-methyl/N-ethyl adjacent to an activating group) is 1. The molecule has 0 bridgehead atoms. The molecule has 8 heteroatoms. The SMILES string of the molecule is CN(CCN(C(=O)OC(C)(C)C)C(=O)[C@@H]1CCCN1)C(=O)OCc1ccccc1. The van der Waals surface area contributed by atoms with Crippen LogP contribution in [0.4, 0.5) is 9.59 Å². The van der Waals surface area contributed by atoms with Crippen molar-refractivity contribution < 1.29 is 23.9 Å². The van der Waals surface area contributed by atoms with Gasteiger partial charge < -0.3 is 19.7 Å². The van der Waals surface area contributed by atoms with Crippen LogP contribution in [0.25, 0.3) is 0 Å². The quantitative estimate of drug-likeness (QED) is 0.783. The molecule has 1 saturated heterocycles. The fraction of sp³-hybridized carbons (Fsp3) is 0.571. The topological polar surface area (TPSA) is 88.2 Å². The zero-order valence-corrected chi connectivity index (χ0v) is 17.6. The molecule has 0 aromatic heterocycles. The largest absolute Gasteiger partial charge is 0.445 e. The average Bonchev–Trinajstić information content (AvgIpc) is 3.20. The summed E-state index contributed by atoms with van der Waals surface area (Å²) in [5, 5.41) is 3.10. The van der Waals surface area contributed by atoms with Gasteiger partial charge in [-0.1, -0.05) is 30.3 Å². The first kappa shape index (κ1) is 22.7. The van der Waals surface area contributed by atoms with Crippen LogP contribution in [0.15, 0.2) is 30.3 Å². The van der Waals surface area contributed by atoms with Crippen molar-refractivity contribution in [2.75, 3.05) is 26.7 Å². The number of benzene rings is 1. The van der Waals surface area contributed by atoms with Crippen LogP contribution < -0.4 is 5.32 Å². The molecule has 0 saturated carbocycles. The lowest BCUT2D eigenvalue weighted by molar-refractivity contribution is -0.132. The molecule has 2 rings (SSSR count). The maximum atomic E-state index is 12.8. The second-order valence-corrected chi connectivity index (χ2v) is 8.08. The fourth-order valence-corrected chi connectivity index (χ4v) is 2.86. The molecular weight excluding hydrogens is 374 g/mol. The molecule has 0 spiro atoms. The van der Waals surface area contributed by atoms with Crippen LogP contribution in [0.3, 0.4) is 0 Å². The second-order valence-electron chi connectivity index (χ2n) is 8.08. The molecule has 1 heterocycles. The Morgan fingerprint density at radius 1 is 1.10 bits per heavy atom. The van der Waals surface area contributed by atoms with Gasteiger partial charge in [-0.2, -0.15) is 0 Å². The Bertz CT molecular complexity index is 696. The normalized spacial score (nSPS) is 16.2.